The first-order valence-corrected chi connectivity index (χ1v) is 7.52. The molecule has 1 heterocycles. The van der Waals surface area contributed by atoms with Crippen LogP contribution >= 0.6 is 11.8 Å². The SMILES string of the molecule is OC(CSc1ccccc1)c1ccc2ncccc2c1. The smallest absolute Gasteiger partial charge is 0.0884 e. The molecule has 100 valence electrons. The van der Waals surface area contributed by atoms with E-state index in [0.29, 0.717) is 5.75 Å². The molecule has 1 unspecified atom stereocenters. The molecule has 0 radical (unpaired) electrons. The molecule has 1 atom stereocenters. The van der Waals surface area contributed by atoms with Gasteiger partial charge in [0, 0.05) is 22.2 Å². The molecule has 0 saturated heterocycles. The summed E-state index contributed by atoms with van der Waals surface area (Å²) in [7, 11) is 0. The Bertz CT molecular complexity index is 699. The van der Waals surface area contributed by atoms with Crippen LogP contribution in [0.15, 0.2) is 71.8 Å². The molecule has 0 aliphatic heterocycles. The summed E-state index contributed by atoms with van der Waals surface area (Å²) in [6.07, 6.45) is 1.31. The summed E-state index contributed by atoms with van der Waals surface area (Å²) < 4.78 is 0. The van der Waals surface area contributed by atoms with Gasteiger partial charge in [0.15, 0.2) is 0 Å². The topological polar surface area (TPSA) is 33.1 Å². The lowest BCUT2D eigenvalue weighted by molar-refractivity contribution is 0.204. The second-order valence-electron chi connectivity index (χ2n) is 4.60. The highest BCUT2D eigenvalue weighted by molar-refractivity contribution is 7.99. The number of aromatic nitrogens is 1. The van der Waals surface area contributed by atoms with Gasteiger partial charge in [0.25, 0.3) is 0 Å². The van der Waals surface area contributed by atoms with Crippen molar-refractivity contribution < 1.29 is 5.11 Å². The summed E-state index contributed by atoms with van der Waals surface area (Å²) in [5.41, 5.74) is 1.90. The van der Waals surface area contributed by atoms with Gasteiger partial charge < -0.3 is 5.11 Å². The number of aliphatic hydroxyl groups is 1. The minimum Gasteiger partial charge on any atom is -0.388 e. The van der Waals surface area contributed by atoms with Crippen molar-refractivity contribution in [2.75, 3.05) is 5.75 Å². The first-order chi connectivity index (χ1) is 9.83. The Labute approximate surface area is 122 Å². The van der Waals surface area contributed by atoms with Gasteiger partial charge in [-0.3, -0.25) is 4.98 Å². The number of hydrogen-bond acceptors (Lipinski definition) is 3. The van der Waals surface area contributed by atoms with Crippen LogP contribution in [0.5, 0.6) is 0 Å². The van der Waals surface area contributed by atoms with Crippen LogP contribution in [0.25, 0.3) is 10.9 Å². The largest absolute Gasteiger partial charge is 0.388 e. The monoisotopic (exact) mass is 281 g/mol. The number of rotatable bonds is 4. The van der Waals surface area contributed by atoms with Crippen molar-refractivity contribution in [1.29, 1.82) is 0 Å². The molecule has 0 spiro atoms. The van der Waals surface area contributed by atoms with Gasteiger partial charge in [-0.05, 0) is 35.9 Å². The quantitative estimate of drug-likeness (QED) is 0.732. The van der Waals surface area contributed by atoms with E-state index in [0.717, 1.165) is 16.5 Å². The zero-order chi connectivity index (χ0) is 13.8. The number of thioether (sulfide) groups is 1. The molecule has 0 aliphatic carbocycles. The molecular weight excluding hydrogens is 266 g/mol. The lowest BCUT2D eigenvalue weighted by Crippen LogP contribution is -2.00. The van der Waals surface area contributed by atoms with E-state index >= 15 is 0 Å². The number of hydrogen-bond donors (Lipinski definition) is 1. The van der Waals surface area contributed by atoms with E-state index in [4.69, 9.17) is 0 Å². The van der Waals surface area contributed by atoms with Crippen LogP contribution in [0.3, 0.4) is 0 Å². The summed E-state index contributed by atoms with van der Waals surface area (Å²) in [5, 5.41) is 11.4. The molecule has 0 amide bonds. The Hall–Kier alpha value is -1.84. The predicted molar refractivity (Wildman–Crippen MR) is 83.9 cm³/mol. The fourth-order valence-corrected chi connectivity index (χ4v) is 2.98. The molecule has 2 aromatic carbocycles. The maximum absolute atomic E-state index is 10.3. The van der Waals surface area contributed by atoms with E-state index in [1.54, 1.807) is 18.0 Å². The average molecular weight is 281 g/mol. The molecule has 3 rings (SSSR count). The third kappa shape index (κ3) is 3.00. The summed E-state index contributed by atoms with van der Waals surface area (Å²) in [6, 6.07) is 20.0. The third-order valence-electron chi connectivity index (χ3n) is 3.16. The molecule has 0 saturated carbocycles. The van der Waals surface area contributed by atoms with Crippen LogP contribution in [0.4, 0.5) is 0 Å². The van der Waals surface area contributed by atoms with Crippen LogP contribution in [0, 0.1) is 0 Å². The lowest BCUT2D eigenvalue weighted by Gasteiger charge is -2.11. The Balaban J connectivity index is 1.73. The average Bonchev–Trinajstić information content (AvgIpc) is 2.53. The number of fused-ring (bicyclic) bond motifs is 1. The molecule has 3 heteroatoms. The van der Waals surface area contributed by atoms with Gasteiger partial charge in [0.1, 0.15) is 0 Å². The van der Waals surface area contributed by atoms with Gasteiger partial charge >= 0.3 is 0 Å². The van der Waals surface area contributed by atoms with Crippen LogP contribution in [-0.2, 0) is 0 Å². The number of nitrogens with zero attached hydrogens (tertiary/aromatic N) is 1. The molecule has 3 aromatic rings. The van der Waals surface area contributed by atoms with Crippen LogP contribution < -0.4 is 0 Å². The van der Waals surface area contributed by atoms with Gasteiger partial charge in [0.05, 0.1) is 11.6 Å². The molecule has 20 heavy (non-hydrogen) atoms. The maximum atomic E-state index is 10.3. The molecule has 0 aliphatic rings. The summed E-state index contributed by atoms with van der Waals surface area (Å²) in [5.74, 6) is 0.649. The van der Waals surface area contributed by atoms with E-state index in [-0.39, 0.29) is 0 Å². The Morgan fingerprint density at radius 1 is 1.00 bits per heavy atom. The van der Waals surface area contributed by atoms with Crippen molar-refractivity contribution in [2.45, 2.75) is 11.0 Å². The van der Waals surface area contributed by atoms with Crippen LogP contribution in [0.1, 0.15) is 11.7 Å². The van der Waals surface area contributed by atoms with Gasteiger partial charge in [0.2, 0.25) is 0 Å². The highest BCUT2D eigenvalue weighted by atomic mass is 32.2. The van der Waals surface area contributed by atoms with E-state index in [9.17, 15) is 5.11 Å². The molecule has 1 aromatic heterocycles. The van der Waals surface area contributed by atoms with Gasteiger partial charge in [-0.1, -0.05) is 30.3 Å². The minimum atomic E-state index is -0.468. The summed E-state index contributed by atoms with van der Waals surface area (Å²) in [4.78, 5) is 5.46. The van der Waals surface area contributed by atoms with Crippen molar-refractivity contribution in [3.8, 4) is 0 Å². The van der Waals surface area contributed by atoms with Crippen LogP contribution in [0.2, 0.25) is 0 Å². The molecule has 0 bridgehead atoms. The zero-order valence-corrected chi connectivity index (χ0v) is 11.8. The second-order valence-corrected chi connectivity index (χ2v) is 5.69. The number of pyridine rings is 1. The Kier molecular flexibility index (Phi) is 4.00. The van der Waals surface area contributed by atoms with Gasteiger partial charge in [-0.15, -0.1) is 11.8 Å². The lowest BCUT2D eigenvalue weighted by atomic mass is 10.1. The van der Waals surface area contributed by atoms with E-state index < -0.39 is 6.10 Å². The van der Waals surface area contributed by atoms with Crippen molar-refractivity contribution in [3.63, 3.8) is 0 Å². The van der Waals surface area contributed by atoms with Crippen molar-refractivity contribution in [2.24, 2.45) is 0 Å². The summed E-state index contributed by atoms with van der Waals surface area (Å²) in [6.45, 7) is 0. The Morgan fingerprint density at radius 2 is 1.85 bits per heavy atom. The third-order valence-corrected chi connectivity index (χ3v) is 4.25. The highest BCUT2D eigenvalue weighted by Gasteiger charge is 2.09. The van der Waals surface area contributed by atoms with E-state index in [2.05, 4.69) is 17.1 Å². The maximum Gasteiger partial charge on any atom is 0.0884 e. The molecule has 2 nitrogen and oxygen atoms in total. The van der Waals surface area contributed by atoms with E-state index in [1.165, 1.54) is 4.90 Å². The fraction of sp³-hybridized carbons (Fsp3) is 0.118. The Morgan fingerprint density at radius 3 is 2.70 bits per heavy atom. The van der Waals surface area contributed by atoms with Crippen LogP contribution in [-0.4, -0.2) is 15.8 Å². The van der Waals surface area contributed by atoms with Gasteiger partial charge in [-0.25, -0.2) is 0 Å². The fourth-order valence-electron chi connectivity index (χ4n) is 2.09. The van der Waals surface area contributed by atoms with Gasteiger partial charge in [-0.2, -0.15) is 0 Å². The zero-order valence-electron chi connectivity index (χ0n) is 10.9. The molecule has 0 fully saturated rings. The second kappa shape index (κ2) is 6.07. The van der Waals surface area contributed by atoms with E-state index in [1.807, 2.05) is 48.5 Å². The predicted octanol–water partition coefficient (Wildman–Crippen LogP) is 4.06. The van der Waals surface area contributed by atoms with Crippen molar-refractivity contribution >= 4 is 22.7 Å². The summed E-state index contributed by atoms with van der Waals surface area (Å²) >= 11 is 1.66. The normalized spacial score (nSPS) is 12.4. The molecular formula is C17H15NOS. The standard InChI is InChI=1S/C17H15NOS/c19-17(12-20-15-6-2-1-3-7-15)14-8-9-16-13(11-14)5-4-10-18-16/h1-11,17,19H,12H2. The van der Waals surface area contributed by atoms with Crippen molar-refractivity contribution in [3.05, 3.63) is 72.4 Å². The van der Waals surface area contributed by atoms with Crippen molar-refractivity contribution in [1.82, 2.24) is 4.98 Å². The molecule has 1 N–H and O–H groups in total. The minimum absolute atomic E-state index is 0.468. The highest BCUT2D eigenvalue weighted by Crippen LogP contribution is 2.26. The first-order valence-electron chi connectivity index (χ1n) is 6.53. The number of benzene rings is 2. The first kappa shape index (κ1) is 13.2. The number of aliphatic hydroxyl groups excluding tert-OH is 1.